The average molecular weight is 924 g/mol. The number of cyclic esters (lactones) is 1. The second kappa shape index (κ2) is 21.5. The summed E-state index contributed by atoms with van der Waals surface area (Å²) in [7, 11) is 6.58. The molecule has 4 aliphatic rings. The van der Waals surface area contributed by atoms with Crippen molar-refractivity contribution in [1.82, 2.24) is 4.90 Å². The Hall–Kier alpha value is -1.99. The van der Waals surface area contributed by atoms with Gasteiger partial charge >= 0.3 is 11.9 Å². The average Bonchev–Trinajstić information content (AvgIpc) is 3.24. The summed E-state index contributed by atoms with van der Waals surface area (Å²) in [5.74, 6) is -7.28. The molecule has 0 aromatic heterocycles. The first kappa shape index (κ1) is 54.6. The van der Waals surface area contributed by atoms with Crippen LogP contribution >= 0.6 is 0 Å². The minimum Gasteiger partial charge on any atom is -0.479 e. The summed E-state index contributed by atoms with van der Waals surface area (Å²) < 4.78 is 56.0. The van der Waals surface area contributed by atoms with Gasteiger partial charge in [0.2, 0.25) is 0 Å². The number of rotatable bonds is 11. The maximum atomic E-state index is 14.8. The number of Topliss-reactive ketones (excluding diaryl/α,β-unsaturated/α-hetero) is 1. The minimum absolute atomic E-state index is 0.0280. The first-order valence-electron chi connectivity index (χ1n) is 22.4. The van der Waals surface area contributed by atoms with E-state index in [0.29, 0.717) is 6.42 Å². The zero-order valence-corrected chi connectivity index (χ0v) is 39.9. The van der Waals surface area contributed by atoms with E-state index < -0.39 is 144 Å². The van der Waals surface area contributed by atoms with E-state index in [2.05, 4.69) is 0 Å². The van der Waals surface area contributed by atoms with Gasteiger partial charge in [-0.05, 0) is 74.9 Å². The van der Waals surface area contributed by atoms with Gasteiger partial charge in [0.1, 0.15) is 48.0 Å². The van der Waals surface area contributed by atoms with Gasteiger partial charge in [-0.25, -0.2) is 4.79 Å². The van der Waals surface area contributed by atoms with Crippen LogP contribution in [0.5, 0.6) is 0 Å². The third-order valence-corrected chi connectivity index (χ3v) is 14.4. The highest BCUT2D eigenvalue weighted by Gasteiger charge is 2.57. The molecule has 4 saturated heterocycles. The van der Waals surface area contributed by atoms with Crippen LogP contribution in [-0.2, 0) is 57.0 Å². The number of nitrogens with zero attached hydrogens (tertiary/aromatic N) is 1. The maximum Gasteiger partial charge on any atom is 0.335 e. The van der Waals surface area contributed by atoms with Gasteiger partial charge < -0.3 is 83.3 Å². The summed E-state index contributed by atoms with van der Waals surface area (Å²) in [5.41, 5.74) is -4.68. The van der Waals surface area contributed by atoms with Crippen molar-refractivity contribution in [3.63, 3.8) is 0 Å². The minimum atomic E-state index is -2.15. The lowest BCUT2D eigenvalue weighted by Gasteiger charge is -2.50. The van der Waals surface area contributed by atoms with Crippen LogP contribution in [0, 0.1) is 23.7 Å². The lowest BCUT2D eigenvalue weighted by atomic mass is 9.73. The molecule has 372 valence electrons. The van der Waals surface area contributed by atoms with Gasteiger partial charge in [0.25, 0.3) is 0 Å². The van der Waals surface area contributed by atoms with Crippen LogP contribution in [0.2, 0.25) is 0 Å². The van der Waals surface area contributed by atoms with Crippen molar-refractivity contribution in [2.75, 3.05) is 28.3 Å². The number of hydrogen-bond donors (Lipinski definition) is 7. The molecular formula is C44H77NO19. The highest BCUT2D eigenvalue weighted by atomic mass is 16.7. The van der Waals surface area contributed by atoms with E-state index in [1.807, 2.05) is 25.9 Å². The van der Waals surface area contributed by atoms with Gasteiger partial charge in [0.05, 0.1) is 47.6 Å². The van der Waals surface area contributed by atoms with Crippen molar-refractivity contribution in [3.8, 4) is 0 Å². The molecule has 4 aliphatic heterocycles. The van der Waals surface area contributed by atoms with E-state index in [1.54, 1.807) is 48.5 Å². The Morgan fingerprint density at radius 2 is 1.38 bits per heavy atom. The summed E-state index contributed by atoms with van der Waals surface area (Å²) in [6, 6.07) is -0.360. The third kappa shape index (κ3) is 11.1. The van der Waals surface area contributed by atoms with Gasteiger partial charge in [0, 0.05) is 44.4 Å². The van der Waals surface area contributed by atoms with Crippen molar-refractivity contribution in [2.45, 2.75) is 210 Å². The van der Waals surface area contributed by atoms with E-state index >= 15 is 0 Å². The standard InChI is InChI=1S/C44H77NO19/c1-15-26-44(10,64-41-32(50)30(48)31(49)34(62-41)38(53)54)35(51)21(4)28(46)19(2)17-43(9,57-14)37(63-40-29(47)25(45(11)12)16-20(3)58-40)22(5)33(23(6)39(55)60-26)61-27-18-42(8,56-13)36(52)24(7)59-27/h19-27,29-37,40-41,47-52H,15-18H2,1-14H3,(H,53,54)/t19-,20-,21+,22+,23-,24+,25+,26-,27+,29-,30?,31?,32?,33+,34?,35-,36+,37-,40+,41?,42-,43-,44-/m1/s1. The molecule has 4 heterocycles. The van der Waals surface area contributed by atoms with E-state index in [1.165, 1.54) is 28.1 Å². The predicted octanol–water partition coefficient (Wildman–Crippen LogP) is 0.356. The molecule has 23 atom stereocenters. The molecule has 4 rings (SSSR count). The number of esters is 1. The number of aliphatic hydroxyl groups is 6. The molecule has 20 heteroatoms. The quantitative estimate of drug-likeness (QED) is 0.138. The largest absolute Gasteiger partial charge is 0.479 e. The zero-order chi connectivity index (χ0) is 48.5. The molecule has 0 aromatic rings. The molecule has 5 unspecified atom stereocenters. The number of aliphatic hydroxyl groups excluding tert-OH is 6. The number of likely N-dealkylation sites (N-methyl/N-ethyl adjacent to an activating group) is 1. The van der Waals surface area contributed by atoms with Crippen LogP contribution in [0.1, 0.15) is 94.9 Å². The molecule has 0 radical (unpaired) electrons. The fraction of sp³-hybridized carbons (Fsp3) is 0.932. The number of ether oxygens (including phenoxy) is 9. The first-order chi connectivity index (χ1) is 29.6. The number of carbonyl (C=O) groups excluding carboxylic acids is 2. The van der Waals surface area contributed by atoms with Crippen LogP contribution in [0.15, 0.2) is 0 Å². The van der Waals surface area contributed by atoms with Crippen LogP contribution in [0.25, 0.3) is 0 Å². The molecule has 0 aromatic carbocycles. The highest BCUT2D eigenvalue weighted by Crippen LogP contribution is 2.43. The normalized spacial score (nSPS) is 49.3. The Kier molecular flexibility index (Phi) is 18.4. The van der Waals surface area contributed by atoms with Crippen LogP contribution < -0.4 is 0 Å². The number of ketones is 1. The SMILES string of the molecule is CC[C@H]1OC(=O)[C@H](C)[C@@H](O[C@H]2C[C@@](C)(OC)[C@@H](O)[C@H](C)O2)[C@H](C)[C@@H](O[C@@H]2O[C@H](C)C[C@H](N(C)C)[C@H]2O)[C@](C)(OC)C[C@@H](C)C(=O)[C@H](C)[C@@H](O)[C@]1(C)OC1OC(C(=O)O)C(O)C(O)C1O. The third-order valence-electron chi connectivity index (χ3n) is 14.4. The van der Waals surface area contributed by atoms with Crippen LogP contribution in [0.3, 0.4) is 0 Å². The molecule has 0 spiro atoms. The van der Waals surface area contributed by atoms with E-state index in [4.69, 9.17) is 42.6 Å². The first-order valence-corrected chi connectivity index (χ1v) is 22.4. The van der Waals surface area contributed by atoms with Gasteiger partial charge in [-0.1, -0.05) is 27.7 Å². The van der Waals surface area contributed by atoms with Crippen molar-refractivity contribution in [1.29, 1.82) is 0 Å². The van der Waals surface area contributed by atoms with E-state index in [9.17, 15) is 50.1 Å². The van der Waals surface area contributed by atoms with Crippen molar-refractivity contribution >= 4 is 17.7 Å². The smallest absolute Gasteiger partial charge is 0.335 e. The van der Waals surface area contributed by atoms with Crippen LogP contribution in [0.4, 0.5) is 0 Å². The Morgan fingerprint density at radius 3 is 1.92 bits per heavy atom. The van der Waals surface area contributed by atoms with Crippen molar-refractivity contribution in [2.24, 2.45) is 23.7 Å². The Bertz CT molecular complexity index is 1570. The topological polar surface area (TPSA) is 279 Å². The van der Waals surface area contributed by atoms with Gasteiger partial charge in [-0.3, -0.25) is 9.59 Å². The fourth-order valence-corrected chi connectivity index (χ4v) is 10.1. The second-order valence-corrected chi connectivity index (χ2v) is 19.4. The molecule has 64 heavy (non-hydrogen) atoms. The Morgan fingerprint density at radius 1 is 0.766 bits per heavy atom. The number of aliphatic carboxylic acids is 1. The summed E-state index contributed by atoms with van der Waals surface area (Å²) in [4.78, 5) is 43.3. The predicted molar refractivity (Wildman–Crippen MR) is 224 cm³/mol. The molecule has 7 N–H and O–H groups in total. The lowest BCUT2D eigenvalue weighted by molar-refractivity contribution is -0.341. The van der Waals surface area contributed by atoms with E-state index in [0.717, 1.165) is 0 Å². The molecule has 0 saturated carbocycles. The molecular weight excluding hydrogens is 846 g/mol. The molecule has 0 aliphatic carbocycles. The molecule has 0 amide bonds. The molecule has 4 fully saturated rings. The number of methoxy groups -OCH3 is 2. The molecule has 20 nitrogen and oxygen atoms in total. The lowest BCUT2D eigenvalue weighted by Crippen LogP contribution is -2.65. The zero-order valence-electron chi connectivity index (χ0n) is 39.9. The number of carboxylic acid groups (broad SMARTS) is 1. The van der Waals surface area contributed by atoms with Crippen molar-refractivity contribution in [3.05, 3.63) is 0 Å². The number of hydrogen-bond acceptors (Lipinski definition) is 19. The maximum absolute atomic E-state index is 14.8. The van der Waals surface area contributed by atoms with Gasteiger partial charge in [-0.15, -0.1) is 0 Å². The van der Waals surface area contributed by atoms with E-state index in [-0.39, 0.29) is 31.4 Å². The van der Waals surface area contributed by atoms with Gasteiger partial charge in [-0.2, -0.15) is 0 Å². The molecule has 0 bridgehead atoms. The Balaban J connectivity index is 1.90. The summed E-state index contributed by atoms with van der Waals surface area (Å²) in [5, 5.41) is 76.9. The van der Waals surface area contributed by atoms with Crippen LogP contribution in [-0.4, -0.2) is 202 Å². The number of carbonyl (C=O) groups is 3. The Labute approximate surface area is 376 Å². The summed E-state index contributed by atoms with van der Waals surface area (Å²) in [6.07, 6.45) is -20.9. The summed E-state index contributed by atoms with van der Waals surface area (Å²) in [6.45, 7) is 16.3. The van der Waals surface area contributed by atoms with Gasteiger partial charge in [0.15, 0.2) is 25.0 Å². The monoisotopic (exact) mass is 924 g/mol. The van der Waals surface area contributed by atoms with Crippen molar-refractivity contribution < 1.29 is 92.8 Å². The fourth-order valence-electron chi connectivity index (χ4n) is 10.1. The second-order valence-electron chi connectivity index (χ2n) is 19.4. The highest BCUT2D eigenvalue weighted by molar-refractivity contribution is 5.83. The number of carboxylic acids is 1. The summed E-state index contributed by atoms with van der Waals surface area (Å²) >= 11 is 0.